The first-order valence-electron chi connectivity index (χ1n) is 8.40. The molecule has 4 rings (SSSR count). The highest BCUT2D eigenvalue weighted by Gasteiger charge is 2.17. The van der Waals surface area contributed by atoms with Crippen LogP contribution in [0.5, 0.6) is 0 Å². The van der Waals surface area contributed by atoms with E-state index in [1.807, 2.05) is 36.4 Å². The quantitative estimate of drug-likeness (QED) is 0.522. The van der Waals surface area contributed by atoms with Crippen molar-refractivity contribution in [3.8, 4) is 22.4 Å². The molecular weight excluding hydrogens is 363 g/mol. The molecule has 2 aromatic carbocycles. The molecule has 0 radical (unpaired) electrons. The Morgan fingerprint density at radius 1 is 0.926 bits per heavy atom. The highest BCUT2D eigenvalue weighted by atomic mass is 32.2. The van der Waals surface area contributed by atoms with Crippen LogP contribution in [0.3, 0.4) is 0 Å². The summed E-state index contributed by atoms with van der Waals surface area (Å²) in [5.74, 6) is 0. The highest BCUT2D eigenvalue weighted by molar-refractivity contribution is 7.90. The second-order valence-electron chi connectivity index (χ2n) is 6.39. The summed E-state index contributed by atoms with van der Waals surface area (Å²) < 4.78 is 38.2. The van der Waals surface area contributed by atoms with Gasteiger partial charge >= 0.3 is 0 Å². The fraction of sp³-hybridized carbons (Fsp3) is 0.0952. The van der Waals surface area contributed by atoms with E-state index in [4.69, 9.17) is 0 Å². The topological polar surface area (TPSA) is 51.4 Å². The smallest absolute Gasteiger partial charge is 0.175 e. The Hall–Kier alpha value is -2.99. The van der Waals surface area contributed by atoms with E-state index in [9.17, 15) is 12.8 Å². The number of pyridine rings is 1. The molecule has 0 fully saturated rings. The zero-order valence-corrected chi connectivity index (χ0v) is 15.4. The number of nitrogens with zero attached hydrogens (tertiary/aromatic N) is 2. The first-order chi connectivity index (χ1) is 13.0. The zero-order chi connectivity index (χ0) is 19.0. The molecule has 0 aliphatic rings. The first kappa shape index (κ1) is 17.4. The average molecular weight is 380 g/mol. The minimum Gasteiger partial charge on any atom is -0.246 e. The molecule has 0 saturated heterocycles. The van der Waals surface area contributed by atoms with Crippen LogP contribution in [0.4, 0.5) is 4.39 Å². The van der Waals surface area contributed by atoms with Crippen molar-refractivity contribution in [3.05, 3.63) is 78.5 Å². The van der Waals surface area contributed by atoms with Crippen LogP contribution in [0.15, 0.2) is 77.8 Å². The van der Waals surface area contributed by atoms with Crippen molar-refractivity contribution in [2.75, 3.05) is 6.26 Å². The van der Waals surface area contributed by atoms with E-state index in [0.717, 1.165) is 27.9 Å². The van der Waals surface area contributed by atoms with Crippen LogP contribution in [-0.2, 0) is 16.5 Å². The van der Waals surface area contributed by atoms with Crippen LogP contribution in [0.1, 0.15) is 5.56 Å². The number of sulfone groups is 1. The second-order valence-corrected chi connectivity index (χ2v) is 8.40. The minimum absolute atomic E-state index is 0.267. The van der Waals surface area contributed by atoms with Gasteiger partial charge in [-0.25, -0.2) is 17.3 Å². The van der Waals surface area contributed by atoms with Gasteiger partial charge in [0.25, 0.3) is 0 Å². The number of halogens is 1. The number of hydrogen-bond donors (Lipinski definition) is 0. The lowest BCUT2D eigenvalue weighted by Gasteiger charge is -2.06. The molecular formula is C21H17FN2O2S. The summed E-state index contributed by atoms with van der Waals surface area (Å²) in [6.07, 6.45) is 2.86. The Balaban J connectivity index is 1.97. The summed E-state index contributed by atoms with van der Waals surface area (Å²) in [5, 5.41) is 4.67. The van der Waals surface area contributed by atoms with E-state index in [0.29, 0.717) is 5.56 Å². The molecule has 0 N–H and O–H groups in total. The normalized spacial score (nSPS) is 11.8. The molecule has 0 bridgehead atoms. The van der Waals surface area contributed by atoms with Gasteiger partial charge in [0.05, 0.1) is 10.4 Å². The second kappa shape index (κ2) is 6.63. The van der Waals surface area contributed by atoms with E-state index in [-0.39, 0.29) is 4.90 Å². The lowest BCUT2D eigenvalue weighted by molar-refractivity contribution is 0.483. The van der Waals surface area contributed by atoms with Gasteiger partial charge in [0.15, 0.2) is 9.84 Å². The fourth-order valence-corrected chi connectivity index (χ4v) is 3.75. The fourth-order valence-electron chi connectivity index (χ4n) is 3.12. The summed E-state index contributed by atoms with van der Waals surface area (Å²) in [6, 6.07) is 20.1. The molecule has 4 aromatic rings. The number of fused-ring (bicyclic) bond motifs is 1. The number of hydrogen-bond acceptors (Lipinski definition) is 3. The maximum absolute atomic E-state index is 13.1. The van der Waals surface area contributed by atoms with Crippen molar-refractivity contribution in [3.63, 3.8) is 0 Å². The number of aromatic nitrogens is 2. The Kier molecular flexibility index (Phi) is 4.28. The van der Waals surface area contributed by atoms with Crippen LogP contribution in [0.25, 0.3) is 27.9 Å². The molecule has 2 aromatic heterocycles. The molecule has 4 nitrogen and oxygen atoms in total. The van der Waals surface area contributed by atoms with Gasteiger partial charge in [0.1, 0.15) is 12.4 Å². The van der Waals surface area contributed by atoms with Crippen molar-refractivity contribution in [1.82, 2.24) is 9.61 Å². The summed E-state index contributed by atoms with van der Waals surface area (Å²) in [6.45, 7) is -0.561. The third-order valence-electron chi connectivity index (χ3n) is 4.46. The predicted octanol–water partition coefficient (Wildman–Crippen LogP) is 4.54. The van der Waals surface area contributed by atoms with Gasteiger partial charge in [0.2, 0.25) is 0 Å². The van der Waals surface area contributed by atoms with E-state index < -0.39 is 16.5 Å². The van der Waals surface area contributed by atoms with E-state index in [1.165, 1.54) is 6.26 Å². The van der Waals surface area contributed by atoms with Gasteiger partial charge in [-0.3, -0.25) is 0 Å². The van der Waals surface area contributed by atoms with Crippen molar-refractivity contribution < 1.29 is 12.8 Å². The number of benzene rings is 2. The Morgan fingerprint density at radius 2 is 1.63 bits per heavy atom. The average Bonchev–Trinajstić information content (AvgIpc) is 3.06. The van der Waals surface area contributed by atoms with Crippen molar-refractivity contribution in [2.45, 2.75) is 11.6 Å². The molecule has 2 heterocycles. The van der Waals surface area contributed by atoms with Gasteiger partial charge in [0, 0.05) is 29.1 Å². The van der Waals surface area contributed by atoms with Gasteiger partial charge in [-0.1, -0.05) is 48.5 Å². The van der Waals surface area contributed by atoms with Crippen LogP contribution in [0.2, 0.25) is 0 Å². The standard InChI is InChI=1S/C21H17FN2O2S/c1-27(25,26)18-10-8-16(9-11-18)20-19-12-7-15(13-22)14-24(19)23-21(20)17-5-3-2-4-6-17/h2-12,14H,13H2,1H3. The Bertz CT molecular complexity index is 1210. The largest absolute Gasteiger partial charge is 0.246 e. The lowest BCUT2D eigenvalue weighted by atomic mass is 10.00. The van der Waals surface area contributed by atoms with Crippen molar-refractivity contribution >= 4 is 15.4 Å². The van der Waals surface area contributed by atoms with Crippen molar-refractivity contribution in [1.29, 1.82) is 0 Å². The molecule has 0 aliphatic heterocycles. The van der Waals surface area contributed by atoms with Gasteiger partial charge in [-0.05, 0) is 23.8 Å². The molecule has 0 amide bonds. The van der Waals surface area contributed by atoms with Crippen LogP contribution >= 0.6 is 0 Å². The lowest BCUT2D eigenvalue weighted by Crippen LogP contribution is -1.96. The minimum atomic E-state index is -3.26. The number of rotatable bonds is 4. The molecule has 0 spiro atoms. The summed E-state index contributed by atoms with van der Waals surface area (Å²) >= 11 is 0. The Morgan fingerprint density at radius 3 is 2.26 bits per heavy atom. The Labute approximate surface area is 156 Å². The first-order valence-corrected chi connectivity index (χ1v) is 10.3. The molecule has 27 heavy (non-hydrogen) atoms. The SMILES string of the molecule is CS(=O)(=O)c1ccc(-c2c(-c3ccccc3)nn3cc(CF)ccc23)cc1. The molecule has 136 valence electrons. The zero-order valence-electron chi connectivity index (χ0n) is 14.6. The third kappa shape index (κ3) is 3.24. The molecule has 0 aliphatic carbocycles. The van der Waals surface area contributed by atoms with E-state index in [1.54, 1.807) is 41.0 Å². The van der Waals surface area contributed by atoms with E-state index in [2.05, 4.69) is 5.10 Å². The van der Waals surface area contributed by atoms with E-state index >= 15 is 0 Å². The molecule has 0 saturated carbocycles. The predicted molar refractivity (Wildman–Crippen MR) is 104 cm³/mol. The number of alkyl halides is 1. The molecule has 0 atom stereocenters. The summed E-state index contributed by atoms with van der Waals surface area (Å²) in [7, 11) is -3.26. The monoisotopic (exact) mass is 380 g/mol. The van der Waals surface area contributed by atoms with Crippen molar-refractivity contribution in [2.24, 2.45) is 0 Å². The van der Waals surface area contributed by atoms with Crippen LogP contribution in [-0.4, -0.2) is 24.3 Å². The maximum atomic E-state index is 13.1. The van der Waals surface area contributed by atoms with Gasteiger partial charge in [-0.15, -0.1) is 0 Å². The van der Waals surface area contributed by atoms with Gasteiger partial charge < -0.3 is 0 Å². The third-order valence-corrected chi connectivity index (χ3v) is 5.59. The molecule has 0 unspecified atom stereocenters. The summed E-state index contributed by atoms with van der Waals surface area (Å²) in [5.41, 5.74) is 4.81. The van der Waals surface area contributed by atoms with Crippen LogP contribution in [0, 0.1) is 0 Å². The van der Waals surface area contributed by atoms with Gasteiger partial charge in [-0.2, -0.15) is 5.10 Å². The summed E-state index contributed by atoms with van der Waals surface area (Å²) in [4.78, 5) is 0.267. The maximum Gasteiger partial charge on any atom is 0.175 e. The van der Waals surface area contributed by atoms with Crippen LogP contribution < -0.4 is 0 Å². The highest BCUT2D eigenvalue weighted by Crippen LogP contribution is 2.35. The molecule has 6 heteroatoms.